The Bertz CT molecular complexity index is 692. The summed E-state index contributed by atoms with van der Waals surface area (Å²) in [5.74, 6) is -2.17. The summed E-state index contributed by atoms with van der Waals surface area (Å²) in [4.78, 5) is 23.0. The van der Waals surface area contributed by atoms with Crippen LogP contribution in [0.1, 0.15) is 12.8 Å². The number of hydrogen-bond acceptors (Lipinski definition) is 4. The lowest BCUT2D eigenvalue weighted by atomic mass is 9.73. The van der Waals surface area contributed by atoms with Gasteiger partial charge in [-0.15, -0.1) is 0 Å². The third-order valence-corrected chi connectivity index (χ3v) is 3.91. The number of aliphatic carboxylic acids is 1. The number of carbonyl (C=O) groups is 2. The van der Waals surface area contributed by atoms with Gasteiger partial charge in [0.15, 0.2) is 5.82 Å². The van der Waals surface area contributed by atoms with E-state index in [1.54, 1.807) is 11.7 Å². The number of para-hydroxylation sites is 1. The first kappa shape index (κ1) is 12.7. The monoisotopic (exact) mass is 272 g/mol. The van der Waals surface area contributed by atoms with Crippen LogP contribution >= 0.6 is 0 Å². The van der Waals surface area contributed by atoms with Gasteiger partial charge in [-0.1, -0.05) is 12.1 Å². The SMILES string of the molecule is Cn1nc(NC(=O)[C@H]2CC[C@H]2C(=O)[O-])c2ccccc21. The van der Waals surface area contributed by atoms with Crippen molar-refractivity contribution in [3.05, 3.63) is 24.3 Å². The van der Waals surface area contributed by atoms with E-state index in [0.717, 1.165) is 10.9 Å². The molecule has 1 heterocycles. The van der Waals surface area contributed by atoms with Gasteiger partial charge in [0.1, 0.15) is 0 Å². The number of fused-ring (bicyclic) bond motifs is 1. The average Bonchev–Trinajstić information content (AvgIpc) is 2.65. The van der Waals surface area contributed by atoms with Crippen LogP contribution in [0.4, 0.5) is 5.82 Å². The first-order chi connectivity index (χ1) is 9.58. The van der Waals surface area contributed by atoms with Gasteiger partial charge in [-0.2, -0.15) is 5.10 Å². The number of aryl methyl sites for hydroxylation is 1. The quantitative estimate of drug-likeness (QED) is 0.869. The highest BCUT2D eigenvalue weighted by Gasteiger charge is 2.37. The maximum absolute atomic E-state index is 12.1. The number of aromatic nitrogens is 2. The van der Waals surface area contributed by atoms with Gasteiger partial charge >= 0.3 is 0 Å². The second-order valence-electron chi connectivity index (χ2n) is 5.09. The third-order valence-electron chi connectivity index (χ3n) is 3.91. The molecule has 2 atom stereocenters. The van der Waals surface area contributed by atoms with Crippen molar-refractivity contribution in [3.8, 4) is 0 Å². The minimum atomic E-state index is -1.15. The zero-order valence-corrected chi connectivity index (χ0v) is 11.0. The van der Waals surface area contributed by atoms with Crippen molar-refractivity contribution in [3.63, 3.8) is 0 Å². The molecule has 0 radical (unpaired) electrons. The molecule has 3 rings (SSSR count). The predicted octanol–water partition coefficient (Wildman–Crippen LogP) is 0.288. The molecule has 0 saturated heterocycles. The zero-order chi connectivity index (χ0) is 14.3. The largest absolute Gasteiger partial charge is 0.550 e. The van der Waals surface area contributed by atoms with Gasteiger partial charge in [-0.05, 0) is 25.0 Å². The molecule has 0 bridgehead atoms. The maximum Gasteiger partial charge on any atom is 0.229 e. The van der Waals surface area contributed by atoms with Gasteiger partial charge in [-0.25, -0.2) is 0 Å². The third kappa shape index (κ3) is 1.93. The Morgan fingerprint density at radius 3 is 2.65 bits per heavy atom. The van der Waals surface area contributed by atoms with Crippen molar-refractivity contribution in [1.29, 1.82) is 0 Å². The van der Waals surface area contributed by atoms with Crippen molar-refractivity contribution in [2.75, 3.05) is 5.32 Å². The number of carboxylic acid groups (broad SMARTS) is 1. The van der Waals surface area contributed by atoms with Gasteiger partial charge in [0, 0.05) is 30.2 Å². The van der Waals surface area contributed by atoms with E-state index in [2.05, 4.69) is 10.4 Å². The van der Waals surface area contributed by atoms with Crippen LogP contribution in [0.15, 0.2) is 24.3 Å². The number of benzene rings is 1. The van der Waals surface area contributed by atoms with Crippen LogP contribution in [-0.2, 0) is 16.6 Å². The molecule has 6 heteroatoms. The molecule has 2 aromatic rings. The van der Waals surface area contributed by atoms with Gasteiger partial charge in [0.25, 0.3) is 0 Å². The molecule has 104 valence electrons. The summed E-state index contributed by atoms with van der Waals surface area (Å²) < 4.78 is 1.68. The van der Waals surface area contributed by atoms with E-state index in [0.29, 0.717) is 18.7 Å². The van der Waals surface area contributed by atoms with E-state index in [1.807, 2.05) is 24.3 Å². The first-order valence-electron chi connectivity index (χ1n) is 6.51. The van der Waals surface area contributed by atoms with Gasteiger partial charge in [0.05, 0.1) is 5.52 Å². The second-order valence-corrected chi connectivity index (χ2v) is 5.09. The molecule has 1 N–H and O–H groups in total. The molecular formula is C14H14N3O3-. The molecule has 1 aromatic heterocycles. The number of carboxylic acids is 1. The van der Waals surface area contributed by atoms with E-state index in [1.165, 1.54) is 0 Å². The topological polar surface area (TPSA) is 87.0 Å². The predicted molar refractivity (Wildman–Crippen MR) is 70.6 cm³/mol. The van der Waals surface area contributed by atoms with Crippen molar-refractivity contribution in [2.24, 2.45) is 18.9 Å². The van der Waals surface area contributed by atoms with Crippen molar-refractivity contribution in [1.82, 2.24) is 9.78 Å². The molecule has 6 nitrogen and oxygen atoms in total. The van der Waals surface area contributed by atoms with Crippen molar-refractivity contribution >= 4 is 28.6 Å². The number of rotatable bonds is 3. The molecule has 0 unspecified atom stereocenters. The van der Waals surface area contributed by atoms with Crippen LogP contribution in [0.3, 0.4) is 0 Å². The molecule has 1 fully saturated rings. The fourth-order valence-corrected chi connectivity index (χ4v) is 2.61. The number of carbonyl (C=O) groups excluding carboxylic acids is 2. The molecule has 1 amide bonds. The Kier molecular flexibility index (Phi) is 2.93. The zero-order valence-electron chi connectivity index (χ0n) is 11.0. The summed E-state index contributed by atoms with van der Waals surface area (Å²) in [5.41, 5.74) is 0.910. The molecule has 20 heavy (non-hydrogen) atoms. The highest BCUT2D eigenvalue weighted by molar-refractivity contribution is 6.02. The average molecular weight is 272 g/mol. The minimum Gasteiger partial charge on any atom is -0.550 e. The van der Waals surface area contributed by atoms with Gasteiger partial charge in [-0.3, -0.25) is 9.48 Å². The molecule has 1 aliphatic rings. The fraction of sp³-hybridized carbons (Fsp3) is 0.357. The van der Waals surface area contributed by atoms with Crippen LogP contribution in [0.25, 0.3) is 10.9 Å². The van der Waals surface area contributed by atoms with Crippen LogP contribution in [-0.4, -0.2) is 21.7 Å². The molecule has 1 aliphatic carbocycles. The lowest BCUT2D eigenvalue weighted by molar-refractivity contribution is -0.316. The van der Waals surface area contributed by atoms with E-state index < -0.39 is 17.8 Å². The Morgan fingerprint density at radius 2 is 2.00 bits per heavy atom. The van der Waals surface area contributed by atoms with Crippen molar-refractivity contribution < 1.29 is 14.7 Å². The van der Waals surface area contributed by atoms with Crippen LogP contribution in [0, 0.1) is 11.8 Å². The lowest BCUT2D eigenvalue weighted by Gasteiger charge is -2.35. The standard InChI is InChI=1S/C14H15N3O3/c1-17-11-5-3-2-4-10(11)12(16-17)15-13(18)8-6-7-9(8)14(19)20/h2-5,8-9H,6-7H2,1H3,(H,19,20)(H,15,16,18)/p-1/t8-,9+/m0/s1. The highest BCUT2D eigenvalue weighted by atomic mass is 16.4. The van der Waals surface area contributed by atoms with E-state index in [4.69, 9.17) is 0 Å². The fourth-order valence-electron chi connectivity index (χ4n) is 2.61. The summed E-state index contributed by atoms with van der Waals surface area (Å²) in [7, 11) is 1.80. The number of anilines is 1. The Balaban J connectivity index is 1.83. The van der Waals surface area contributed by atoms with E-state index in [-0.39, 0.29) is 5.91 Å². The van der Waals surface area contributed by atoms with Crippen LogP contribution < -0.4 is 10.4 Å². The molecule has 0 spiro atoms. The Labute approximate surface area is 115 Å². The van der Waals surface area contributed by atoms with Gasteiger partial charge in [0.2, 0.25) is 5.91 Å². The Morgan fingerprint density at radius 1 is 1.30 bits per heavy atom. The molecule has 1 saturated carbocycles. The number of nitrogens with one attached hydrogen (secondary N) is 1. The molecule has 0 aliphatic heterocycles. The normalized spacial score (nSPS) is 21.4. The molecule has 1 aromatic carbocycles. The van der Waals surface area contributed by atoms with E-state index >= 15 is 0 Å². The van der Waals surface area contributed by atoms with Crippen LogP contribution in [0.5, 0.6) is 0 Å². The summed E-state index contributed by atoms with van der Waals surface area (Å²) in [5, 5.41) is 18.7. The maximum atomic E-state index is 12.1. The first-order valence-corrected chi connectivity index (χ1v) is 6.51. The number of nitrogens with zero attached hydrogens (tertiary/aromatic N) is 2. The van der Waals surface area contributed by atoms with E-state index in [9.17, 15) is 14.7 Å². The Hall–Kier alpha value is -2.37. The summed E-state index contributed by atoms with van der Waals surface area (Å²) in [6.45, 7) is 0. The summed E-state index contributed by atoms with van der Waals surface area (Å²) in [6, 6.07) is 7.54. The number of hydrogen-bond donors (Lipinski definition) is 1. The lowest BCUT2D eigenvalue weighted by Crippen LogP contribution is -2.46. The second kappa shape index (κ2) is 4.63. The minimum absolute atomic E-state index is 0.297. The molecular weight excluding hydrogens is 258 g/mol. The number of amides is 1. The highest BCUT2D eigenvalue weighted by Crippen LogP contribution is 2.35. The van der Waals surface area contributed by atoms with Crippen molar-refractivity contribution in [2.45, 2.75) is 12.8 Å². The summed E-state index contributed by atoms with van der Waals surface area (Å²) >= 11 is 0. The smallest absolute Gasteiger partial charge is 0.229 e. The van der Waals surface area contributed by atoms with Crippen LogP contribution in [0.2, 0.25) is 0 Å². The summed E-state index contributed by atoms with van der Waals surface area (Å²) in [6.07, 6.45) is 1.08. The van der Waals surface area contributed by atoms with Gasteiger partial charge < -0.3 is 15.2 Å².